The predicted molar refractivity (Wildman–Crippen MR) is 112 cm³/mol. The quantitative estimate of drug-likeness (QED) is 0.569. The molecule has 27 heavy (non-hydrogen) atoms. The van der Waals surface area contributed by atoms with Gasteiger partial charge in [0.1, 0.15) is 5.01 Å². The minimum Gasteiger partial charge on any atom is -0.351 e. The summed E-state index contributed by atoms with van der Waals surface area (Å²) in [6.45, 7) is 5.91. The first-order valence-corrected chi connectivity index (χ1v) is 10.8. The number of hydrogen-bond acceptors (Lipinski definition) is 5. The number of thiazole rings is 1. The molecule has 0 atom stereocenters. The molecular formula is C20H23N3O2S2. The number of fused-ring (bicyclic) bond motifs is 1. The van der Waals surface area contributed by atoms with E-state index in [9.17, 15) is 9.59 Å². The molecule has 0 saturated carbocycles. The highest BCUT2D eigenvalue weighted by atomic mass is 32.1. The van der Waals surface area contributed by atoms with Crippen LogP contribution in [0.25, 0.3) is 20.1 Å². The van der Waals surface area contributed by atoms with E-state index in [-0.39, 0.29) is 11.8 Å². The fourth-order valence-electron chi connectivity index (χ4n) is 2.82. The second kappa shape index (κ2) is 9.10. The maximum absolute atomic E-state index is 12.3. The molecule has 0 aliphatic carbocycles. The summed E-state index contributed by atoms with van der Waals surface area (Å²) in [5.74, 6) is 0.0474. The lowest BCUT2D eigenvalue weighted by atomic mass is 10.2. The molecule has 2 aromatic heterocycles. The number of carbonyl (C=O) groups is 2. The van der Waals surface area contributed by atoms with Crippen LogP contribution in [0, 0.1) is 0 Å². The van der Waals surface area contributed by atoms with Crippen LogP contribution in [0.1, 0.15) is 36.4 Å². The number of thiophene rings is 1. The van der Waals surface area contributed by atoms with Crippen molar-refractivity contribution in [2.24, 2.45) is 0 Å². The van der Waals surface area contributed by atoms with E-state index in [1.54, 1.807) is 11.3 Å². The number of rotatable bonds is 8. The molecule has 7 heteroatoms. The molecular weight excluding hydrogens is 378 g/mol. The Morgan fingerprint density at radius 1 is 1.07 bits per heavy atom. The van der Waals surface area contributed by atoms with Crippen molar-refractivity contribution in [2.75, 3.05) is 19.6 Å². The summed E-state index contributed by atoms with van der Waals surface area (Å²) in [5, 5.41) is 3.84. The van der Waals surface area contributed by atoms with Crippen LogP contribution in [0.2, 0.25) is 0 Å². The molecule has 0 unspecified atom stereocenters. The van der Waals surface area contributed by atoms with Crippen LogP contribution in [0.3, 0.4) is 0 Å². The maximum Gasteiger partial charge on any atom is 0.261 e. The van der Waals surface area contributed by atoms with Gasteiger partial charge in [-0.3, -0.25) is 9.59 Å². The first kappa shape index (κ1) is 19.5. The van der Waals surface area contributed by atoms with E-state index in [1.807, 2.05) is 49.1 Å². The van der Waals surface area contributed by atoms with E-state index in [1.165, 1.54) is 11.3 Å². The van der Waals surface area contributed by atoms with Crippen LogP contribution in [-0.4, -0.2) is 41.3 Å². The summed E-state index contributed by atoms with van der Waals surface area (Å²) in [7, 11) is 0. The Morgan fingerprint density at radius 2 is 1.85 bits per heavy atom. The first-order valence-electron chi connectivity index (χ1n) is 9.14. The van der Waals surface area contributed by atoms with Crippen molar-refractivity contribution in [3.63, 3.8) is 0 Å². The molecule has 0 saturated heterocycles. The van der Waals surface area contributed by atoms with Gasteiger partial charge < -0.3 is 10.2 Å². The van der Waals surface area contributed by atoms with E-state index < -0.39 is 0 Å². The minimum atomic E-state index is -0.0948. The van der Waals surface area contributed by atoms with Crippen molar-refractivity contribution < 1.29 is 9.59 Å². The SMILES string of the molecule is CCN(CC)C(=O)CCCNC(=O)c1ccc(-c2nc3ccccc3s2)s1. The van der Waals surface area contributed by atoms with Gasteiger partial charge in [-0.1, -0.05) is 12.1 Å². The molecule has 1 N–H and O–H groups in total. The molecule has 142 valence electrons. The van der Waals surface area contributed by atoms with Gasteiger partial charge in [-0.15, -0.1) is 22.7 Å². The minimum absolute atomic E-state index is 0.0948. The van der Waals surface area contributed by atoms with E-state index in [4.69, 9.17) is 0 Å². The van der Waals surface area contributed by atoms with Gasteiger partial charge in [-0.25, -0.2) is 4.98 Å². The third-order valence-electron chi connectivity index (χ3n) is 4.30. The monoisotopic (exact) mass is 401 g/mol. The molecule has 5 nitrogen and oxygen atoms in total. The Morgan fingerprint density at radius 3 is 2.59 bits per heavy atom. The number of nitrogens with zero attached hydrogens (tertiary/aromatic N) is 2. The third kappa shape index (κ3) is 4.73. The number of nitrogens with one attached hydrogen (secondary N) is 1. The molecule has 0 aliphatic rings. The summed E-state index contributed by atoms with van der Waals surface area (Å²) in [6.07, 6.45) is 1.11. The number of hydrogen-bond donors (Lipinski definition) is 1. The predicted octanol–water partition coefficient (Wildman–Crippen LogP) is 4.40. The van der Waals surface area contributed by atoms with E-state index in [0.717, 1.165) is 33.2 Å². The molecule has 2 heterocycles. The van der Waals surface area contributed by atoms with Gasteiger partial charge in [0.05, 0.1) is 20.0 Å². The lowest BCUT2D eigenvalue weighted by Gasteiger charge is -2.18. The molecule has 1 aromatic carbocycles. The Hall–Kier alpha value is -2.25. The van der Waals surface area contributed by atoms with Crippen LogP contribution < -0.4 is 5.32 Å². The van der Waals surface area contributed by atoms with Crippen LogP contribution >= 0.6 is 22.7 Å². The summed E-state index contributed by atoms with van der Waals surface area (Å²) < 4.78 is 1.14. The fraction of sp³-hybridized carbons (Fsp3) is 0.350. The number of para-hydroxylation sites is 1. The van der Waals surface area contributed by atoms with E-state index >= 15 is 0 Å². The highest BCUT2D eigenvalue weighted by molar-refractivity contribution is 7.26. The average molecular weight is 402 g/mol. The van der Waals surface area contributed by atoms with Crippen molar-refractivity contribution in [1.82, 2.24) is 15.2 Å². The topological polar surface area (TPSA) is 62.3 Å². The van der Waals surface area contributed by atoms with Crippen LogP contribution in [0.15, 0.2) is 36.4 Å². The van der Waals surface area contributed by atoms with Crippen molar-refractivity contribution in [3.05, 3.63) is 41.3 Å². The van der Waals surface area contributed by atoms with Gasteiger partial charge in [-0.2, -0.15) is 0 Å². The number of amides is 2. The van der Waals surface area contributed by atoms with E-state index in [0.29, 0.717) is 24.3 Å². The Labute approximate surface area is 167 Å². The zero-order chi connectivity index (χ0) is 19.2. The zero-order valence-corrected chi connectivity index (χ0v) is 17.2. The Balaban J connectivity index is 1.53. The Kier molecular flexibility index (Phi) is 6.58. The number of carbonyl (C=O) groups excluding carboxylic acids is 2. The molecule has 0 aliphatic heterocycles. The average Bonchev–Trinajstić information content (AvgIpc) is 3.32. The summed E-state index contributed by atoms with van der Waals surface area (Å²) in [4.78, 5) is 32.4. The van der Waals surface area contributed by atoms with Crippen molar-refractivity contribution in [3.8, 4) is 9.88 Å². The second-order valence-electron chi connectivity index (χ2n) is 6.08. The third-order valence-corrected chi connectivity index (χ3v) is 6.59. The largest absolute Gasteiger partial charge is 0.351 e. The molecule has 0 spiro atoms. The summed E-state index contributed by atoms with van der Waals surface area (Å²) in [6, 6.07) is 11.8. The lowest BCUT2D eigenvalue weighted by molar-refractivity contribution is -0.130. The summed E-state index contributed by atoms with van der Waals surface area (Å²) >= 11 is 3.08. The first-order chi connectivity index (χ1) is 13.1. The number of aromatic nitrogens is 1. The van der Waals surface area contributed by atoms with Gasteiger partial charge in [0.25, 0.3) is 5.91 Å². The Bertz CT molecular complexity index is 895. The molecule has 0 radical (unpaired) electrons. The summed E-state index contributed by atoms with van der Waals surface area (Å²) in [5.41, 5.74) is 0.981. The molecule has 3 aromatic rings. The van der Waals surface area contributed by atoms with Crippen LogP contribution in [0.4, 0.5) is 0 Å². The van der Waals surface area contributed by atoms with Crippen molar-refractivity contribution in [1.29, 1.82) is 0 Å². The van der Waals surface area contributed by atoms with Gasteiger partial charge in [0, 0.05) is 26.1 Å². The van der Waals surface area contributed by atoms with E-state index in [2.05, 4.69) is 16.4 Å². The second-order valence-corrected chi connectivity index (χ2v) is 8.19. The fourth-order valence-corrected chi connectivity index (χ4v) is 4.76. The molecule has 0 fully saturated rings. The standard InChI is InChI=1S/C20H23N3O2S2/c1-3-23(4-2)18(24)10-7-13-21-19(25)16-11-12-17(26-16)20-22-14-8-5-6-9-15(14)27-20/h5-6,8-9,11-12H,3-4,7,10,13H2,1-2H3,(H,21,25). The highest BCUT2D eigenvalue weighted by Crippen LogP contribution is 2.34. The molecule has 3 rings (SSSR count). The van der Waals surface area contributed by atoms with Gasteiger partial charge in [-0.05, 0) is 44.5 Å². The van der Waals surface area contributed by atoms with Gasteiger partial charge >= 0.3 is 0 Å². The van der Waals surface area contributed by atoms with Crippen molar-refractivity contribution >= 4 is 44.7 Å². The normalized spacial score (nSPS) is 10.9. The maximum atomic E-state index is 12.3. The highest BCUT2D eigenvalue weighted by Gasteiger charge is 2.13. The lowest BCUT2D eigenvalue weighted by Crippen LogP contribution is -2.31. The van der Waals surface area contributed by atoms with Gasteiger partial charge in [0.2, 0.25) is 5.91 Å². The molecule has 0 bridgehead atoms. The van der Waals surface area contributed by atoms with Gasteiger partial charge in [0.15, 0.2) is 0 Å². The zero-order valence-electron chi connectivity index (χ0n) is 15.5. The molecule has 2 amide bonds. The van der Waals surface area contributed by atoms with Crippen LogP contribution in [0.5, 0.6) is 0 Å². The smallest absolute Gasteiger partial charge is 0.261 e. The number of benzene rings is 1. The van der Waals surface area contributed by atoms with Crippen molar-refractivity contribution in [2.45, 2.75) is 26.7 Å². The van der Waals surface area contributed by atoms with Crippen LogP contribution in [-0.2, 0) is 4.79 Å².